The standard InChI is InChI=1S/C52H60N2O18/c1-28-34(68-45(58)40(69-47(60)67-33-23-21-32(22-24-33)54(62)63)38(30-17-13-11-14-18-30)53-46(59)72-48(3,4)5)26-52(61)43(70-44(57)31-19-15-12-16-20-31)41-50(8,42(56)39(65-10)37(28)49(52,6)7)35(64-9)25-36-51(41,27-66-36)71-29(2)55/h11-24,34-36,38-41,43,61H,25-27H2,1-10H3,(H,53,59)/t34?,35-,36+,38-,39+,40+,41-,43-,50+,51-,52+/m0/s1. The summed E-state index contributed by atoms with van der Waals surface area (Å²) in [4.78, 5) is 96.7. The Morgan fingerprint density at radius 1 is 0.903 bits per heavy atom. The van der Waals surface area contributed by atoms with Crippen molar-refractivity contribution >= 4 is 41.6 Å². The number of non-ortho nitro benzene ring substituents is 1. The zero-order valence-electron chi connectivity index (χ0n) is 41.7. The maximum absolute atomic E-state index is 15.8. The van der Waals surface area contributed by atoms with Gasteiger partial charge in [-0.15, -0.1) is 0 Å². The van der Waals surface area contributed by atoms with Gasteiger partial charge in [0, 0.05) is 51.5 Å². The normalized spacial score (nSPS) is 29.2. The van der Waals surface area contributed by atoms with Gasteiger partial charge >= 0.3 is 30.2 Å². The molecule has 2 bridgehead atoms. The number of ether oxygens (including phenoxy) is 9. The molecule has 72 heavy (non-hydrogen) atoms. The number of nitro benzene ring substituents is 1. The predicted octanol–water partition coefficient (Wildman–Crippen LogP) is 6.70. The Balaban J connectivity index is 1.39. The SMILES string of the molecule is CO[C@H]1C(=O)[C@]2(C)[C@@H](OC)C[C@H]3OC[C@@]3(OC(C)=O)[C@H]2[C@H](OC(=O)c2ccccc2)[C@]2(O)CC(OC(=O)[C@H](OC(=O)Oc3ccc([N+](=O)[O-])cc3)[C@@H](NC(=O)OC(C)(C)C)c3ccccc3)C(C)=C1C2(C)C. The van der Waals surface area contributed by atoms with Gasteiger partial charge in [-0.05, 0) is 75.6 Å². The summed E-state index contributed by atoms with van der Waals surface area (Å²) in [5, 5.41) is 27.9. The number of nitrogens with one attached hydrogen (secondary N) is 1. The minimum atomic E-state index is -2.36. The molecule has 2 saturated carbocycles. The maximum atomic E-state index is 15.8. The van der Waals surface area contributed by atoms with E-state index in [0.717, 1.165) is 24.3 Å². The Morgan fingerprint density at radius 3 is 2.07 bits per heavy atom. The third-order valence-corrected chi connectivity index (χ3v) is 14.5. The number of hydrogen-bond acceptors (Lipinski definition) is 18. The third-order valence-electron chi connectivity index (χ3n) is 14.5. The van der Waals surface area contributed by atoms with Gasteiger partial charge in [-0.3, -0.25) is 19.7 Å². The minimum absolute atomic E-state index is 0.0618. The van der Waals surface area contributed by atoms with Crippen molar-refractivity contribution in [2.75, 3.05) is 20.8 Å². The molecule has 0 spiro atoms. The van der Waals surface area contributed by atoms with Crippen LogP contribution < -0.4 is 10.1 Å². The highest BCUT2D eigenvalue weighted by molar-refractivity contribution is 5.94. The number of nitrogens with zero attached hydrogens (tertiary/aromatic N) is 1. The molecule has 3 fully saturated rings. The maximum Gasteiger partial charge on any atom is 0.514 e. The monoisotopic (exact) mass is 1000 g/mol. The fourth-order valence-corrected chi connectivity index (χ4v) is 11.0. The van der Waals surface area contributed by atoms with Crippen molar-refractivity contribution in [1.82, 2.24) is 5.32 Å². The van der Waals surface area contributed by atoms with Gasteiger partial charge in [-0.1, -0.05) is 62.4 Å². The molecule has 1 unspecified atom stereocenters. The van der Waals surface area contributed by atoms with E-state index in [1.807, 2.05) is 0 Å². The average Bonchev–Trinajstić information content (AvgIpc) is 3.31. The van der Waals surface area contributed by atoms with Crippen LogP contribution in [0.25, 0.3) is 0 Å². The van der Waals surface area contributed by atoms with E-state index in [1.54, 1.807) is 84.9 Å². The lowest BCUT2D eigenvalue weighted by Crippen LogP contribution is -2.82. The largest absolute Gasteiger partial charge is 0.514 e. The van der Waals surface area contributed by atoms with Crippen LogP contribution in [0.3, 0.4) is 0 Å². The topological polar surface area (TPSA) is 261 Å². The highest BCUT2D eigenvalue weighted by atomic mass is 16.7. The van der Waals surface area contributed by atoms with Crippen LogP contribution >= 0.6 is 0 Å². The second-order valence-electron chi connectivity index (χ2n) is 20.2. The molecule has 3 aromatic carbocycles. The molecule has 0 radical (unpaired) electrons. The quantitative estimate of drug-likeness (QED) is 0.0451. The molecule has 1 heterocycles. The lowest BCUT2D eigenvalue weighted by molar-refractivity contribution is -0.384. The first-order valence-electron chi connectivity index (χ1n) is 23.3. The number of hydrogen-bond donors (Lipinski definition) is 2. The van der Waals surface area contributed by atoms with Crippen LogP contribution in [0.1, 0.15) is 90.2 Å². The molecule has 3 aliphatic carbocycles. The molecule has 1 aliphatic heterocycles. The number of aliphatic hydroxyl groups is 1. The first kappa shape index (κ1) is 53.1. The highest BCUT2D eigenvalue weighted by Gasteiger charge is 2.78. The molecule has 11 atom stereocenters. The molecular formula is C52H60N2O18. The molecular weight excluding hydrogens is 941 g/mol. The van der Waals surface area contributed by atoms with Gasteiger partial charge in [-0.25, -0.2) is 19.2 Å². The van der Waals surface area contributed by atoms with Crippen LogP contribution in [-0.2, 0) is 52.3 Å². The Hall–Kier alpha value is -6.74. The summed E-state index contributed by atoms with van der Waals surface area (Å²) in [6, 6.07) is 18.7. The minimum Gasteiger partial charge on any atom is -0.455 e. The van der Waals surface area contributed by atoms with Gasteiger partial charge in [0.1, 0.15) is 47.4 Å². The number of esters is 3. The molecule has 2 N–H and O–H groups in total. The number of rotatable bonds is 13. The fourth-order valence-electron chi connectivity index (χ4n) is 11.0. The molecule has 0 aromatic heterocycles. The number of ketones is 1. The summed E-state index contributed by atoms with van der Waals surface area (Å²) in [5.74, 6) is -5.14. The van der Waals surface area contributed by atoms with Crippen LogP contribution in [0.5, 0.6) is 5.75 Å². The Morgan fingerprint density at radius 2 is 1.53 bits per heavy atom. The third kappa shape index (κ3) is 9.67. The summed E-state index contributed by atoms with van der Waals surface area (Å²) in [6.07, 6.45) is -11.8. The van der Waals surface area contributed by atoms with Gasteiger partial charge < -0.3 is 53.1 Å². The van der Waals surface area contributed by atoms with E-state index in [-0.39, 0.29) is 46.7 Å². The number of methoxy groups -OCH3 is 2. The first-order chi connectivity index (χ1) is 33.8. The van der Waals surface area contributed by atoms with Crippen LogP contribution in [0, 0.1) is 26.9 Å². The van der Waals surface area contributed by atoms with Crippen LogP contribution in [0.4, 0.5) is 15.3 Å². The van der Waals surface area contributed by atoms with E-state index in [2.05, 4.69) is 5.32 Å². The summed E-state index contributed by atoms with van der Waals surface area (Å²) in [7, 11) is 2.71. The second kappa shape index (κ2) is 20.0. The van der Waals surface area contributed by atoms with E-state index in [0.29, 0.717) is 0 Å². The molecule has 386 valence electrons. The number of Topliss-reactive ketones (excluding diaryl/α,β-unsaturated/α-hetero) is 1. The van der Waals surface area contributed by atoms with Crippen LogP contribution in [0.2, 0.25) is 0 Å². The van der Waals surface area contributed by atoms with Crippen molar-refractivity contribution in [3.8, 4) is 5.75 Å². The first-order valence-corrected chi connectivity index (χ1v) is 23.3. The summed E-state index contributed by atoms with van der Waals surface area (Å²) in [5.41, 5.74) is -8.00. The van der Waals surface area contributed by atoms with Gasteiger partial charge in [-0.2, -0.15) is 0 Å². The number of alkyl carbamates (subject to hydrolysis) is 1. The number of benzene rings is 3. The van der Waals surface area contributed by atoms with E-state index in [9.17, 15) is 34.4 Å². The molecule has 1 saturated heterocycles. The molecule has 20 heteroatoms. The second-order valence-corrected chi connectivity index (χ2v) is 20.2. The van der Waals surface area contributed by atoms with E-state index in [4.69, 9.17) is 42.6 Å². The van der Waals surface area contributed by atoms with Crippen molar-refractivity contribution < 1.29 is 81.4 Å². The molecule has 20 nitrogen and oxygen atoms in total. The van der Waals surface area contributed by atoms with Crippen molar-refractivity contribution in [2.24, 2.45) is 16.7 Å². The smallest absolute Gasteiger partial charge is 0.455 e. The van der Waals surface area contributed by atoms with Gasteiger partial charge in [0.2, 0.25) is 6.10 Å². The van der Waals surface area contributed by atoms with Gasteiger partial charge in [0.05, 0.1) is 34.5 Å². The van der Waals surface area contributed by atoms with Crippen LogP contribution in [-0.4, -0.2) is 120 Å². The van der Waals surface area contributed by atoms with Gasteiger partial charge in [0.25, 0.3) is 5.69 Å². The van der Waals surface area contributed by atoms with Crippen LogP contribution in [0.15, 0.2) is 96.1 Å². The number of carbonyl (C=O) groups excluding carboxylic acids is 6. The summed E-state index contributed by atoms with van der Waals surface area (Å²) >= 11 is 0. The lowest BCUT2D eigenvalue weighted by Gasteiger charge is -2.67. The number of amides is 1. The van der Waals surface area contributed by atoms with Crippen molar-refractivity contribution in [2.45, 2.75) is 128 Å². The molecule has 4 aliphatic rings. The molecule has 3 aromatic rings. The molecule has 7 rings (SSSR count). The van der Waals surface area contributed by atoms with Gasteiger partial charge in [0.15, 0.2) is 11.4 Å². The Bertz CT molecular complexity index is 2610. The zero-order valence-corrected chi connectivity index (χ0v) is 41.7. The summed E-state index contributed by atoms with van der Waals surface area (Å²) in [6.45, 7) is 12.2. The van der Waals surface area contributed by atoms with Crippen molar-refractivity contribution in [3.63, 3.8) is 0 Å². The molecule has 1 amide bonds. The predicted molar refractivity (Wildman–Crippen MR) is 251 cm³/mol. The number of nitro groups is 1. The Kier molecular flexibility index (Phi) is 14.8. The number of carbonyl (C=O) groups is 6. The van der Waals surface area contributed by atoms with Crippen molar-refractivity contribution in [1.29, 1.82) is 0 Å². The van der Waals surface area contributed by atoms with E-state index >= 15 is 9.59 Å². The fraction of sp³-hybridized carbons (Fsp3) is 0.500. The average molecular weight is 1000 g/mol. The Labute approximate surface area is 415 Å². The van der Waals surface area contributed by atoms with E-state index in [1.165, 1.54) is 45.4 Å². The zero-order chi connectivity index (χ0) is 52.7. The lowest BCUT2D eigenvalue weighted by atomic mass is 9.44. The van der Waals surface area contributed by atoms with Crippen molar-refractivity contribution in [3.05, 3.63) is 117 Å². The summed E-state index contributed by atoms with van der Waals surface area (Å²) < 4.78 is 54.0. The van der Waals surface area contributed by atoms with E-state index < -0.39 is 124 Å². The highest BCUT2D eigenvalue weighted by Crippen LogP contribution is 2.65. The number of fused-ring (bicyclic) bond motifs is 5.